The molecule has 5 nitrogen and oxygen atoms in total. The van der Waals surface area contributed by atoms with Crippen LogP contribution in [0.15, 0.2) is 53.1 Å². The fourth-order valence-corrected chi connectivity index (χ4v) is 3.35. The molecule has 26 heavy (non-hydrogen) atoms. The highest BCUT2D eigenvalue weighted by atomic mass is 16.5. The monoisotopic (exact) mass is 349 g/mol. The minimum Gasteiger partial charge on any atom is -0.481 e. The van der Waals surface area contributed by atoms with E-state index in [-0.39, 0.29) is 6.61 Å². The Morgan fingerprint density at radius 1 is 1.04 bits per heavy atom. The van der Waals surface area contributed by atoms with E-state index in [4.69, 9.17) is 4.52 Å². The summed E-state index contributed by atoms with van der Waals surface area (Å²) < 4.78 is 5.33. The molecule has 0 amide bonds. The fraction of sp³-hybridized carbons (Fsp3) is 0.238. The third-order valence-corrected chi connectivity index (χ3v) is 5.22. The quantitative estimate of drug-likeness (QED) is 0.729. The molecule has 132 valence electrons. The summed E-state index contributed by atoms with van der Waals surface area (Å²) in [6.45, 7) is 1.69. The van der Waals surface area contributed by atoms with Gasteiger partial charge in [-0.1, -0.05) is 53.7 Å². The zero-order valence-corrected chi connectivity index (χ0v) is 14.4. The number of aryl methyl sites for hydroxylation is 1. The summed E-state index contributed by atoms with van der Waals surface area (Å²) in [7, 11) is 0. The molecule has 1 aliphatic carbocycles. The maximum absolute atomic E-state index is 11.4. The molecule has 1 heterocycles. The Morgan fingerprint density at radius 2 is 1.58 bits per heavy atom. The van der Waals surface area contributed by atoms with E-state index in [1.54, 1.807) is 6.92 Å². The van der Waals surface area contributed by atoms with Gasteiger partial charge in [0.25, 0.3) is 0 Å². The number of benzene rings is 2. The van der Waals surface area contributed by atoms with Crippen LogP contribution in [0.2, 0.25) is 0 Å². The van der Waals surface area contributed by atoms with Gasteiger partial charge in [-0.15, -0.1) is 0 Å². The number of hydrogen-bond donors (Lipinski definition) is 2. The molecule has 0 bridgehead atoms. The molecule has 3 aromatic rings. The van der Waals surface area contributed by atoms with Crippen molar-refractivity contribution in [3.05, 3.63) is 65.4 Å². The van der Waals surface area contributed by atoms with Gasteiger partial charge in [-0.05, 0) is 36.5 Å². The molecule has 0 unspecified atom stereocenters. The lowest BCUT2D eigenvalue weighted by Crippen LogP contribution is -2.19. The van der Waals surface area contributed by atoms with E-state index in [1.807, 2.05) is 48.5 Å². The molecule has 1 fully saturated rings. The maximum Gasteiger partial charge on any atom is 0.314 e. The minimum absolute atomic E-state index is 0.112. The SMILES string of the molecule is Cc1noc(-c2ccc(-c3ccc(C4(C(=O)O)CC4)cc3)cc2)c1CO. The third kappa shape index (κ3) is 2.61. The number of aliphatic hydroxyl groups excluding tert-OH is 1. The van der Waals surface area contributed by atoms with E-state index >= 15 is 0 Å². The van der Waals surface area contributed by atoms with Crippen LogP contribution in [-0.4, -0.2) is 21.3 Å². The first-order valence-corrected chi connectivity index (χ1v) is 8.56. The zero-order valence-electron chi connectivity index (χ0n) is 14.4. The average molecular weight is 349 g/mol. The number of aromatic nitrogens is 1. The molecule has 5 heteroatoms. The van der Waals surface area contributed by atoms with Crippen molar-refractivity contribution in [1.82, 2.24) is 5.16 Å². The van der Waals surface area contributed by atoms with Crippen LogP contribution in [0.4, 0.5) is 0 Å². The highest BCUT2D eigenvalue weighted by Crippen LogP contribution is 2.48. The van der Waals surface area contributed by atoms with E-state index in [0.717, 1.165) is 22.3 Å². The predicted molar refractivity (Wildman–Crippen MR) is 96.6 cm³/mol. The van der Waals surface area contributed by atoms with E-state index in [2.05, 4.69) is 5.16 Å². The molecular weight excluding hydrogens is 330 g/mol. The summed E-state index contributed by atoms with van der Waals surface area (Å²) in [5.41, 5.74) is 4.50. The first-order chi connectivity index (χ1) is 12.5. The Labute approximate surface area is 150 Å². The van der Waals surface area contributed by atoms with E-state index in [0.29, 0.717) is 29.9 Å². The Bertz CT molecular complexity index is 951. The maximum atomic E-state index is 11.4. The first kappa shape index (κ1) is 16.5. The summed E-state index contributed by atoms with van der Waals surface area (Å²) in [5.74, 6) is -0.152. The minimum atomic E-state index is -0.739. The summed E-state index contributed by atoms with van der Waals surface area (Å²) in [5, 5.41) is 22.8. The lowest BCUT2D eigenvalue weighted by atomic mass is 9.93. The van der Waals surface area contributed by atoms with Crippen molar-refractivity contribution >= 4 is 5.97 Å². The van der Waals surface area contributed by atoms with E-state index in [9.17, 15) is 15.0 Å². The fourth-order valence-electron chi connectivity index (χ4n) is 3.35. The van der Waals surface area contributed by atoms with Crippen molar-refractivity contribution in [3.8, 4) is 22.5 Å². The van der Waals surface area contributed by atoms with Crippen molar-refractivity contribution in [2.45, 2.75) is 31.8 Å². The van der Waals surface area contributed by atoms with Crippen LogP contribution in [0.1, 0.15) is 29.7 Å². The Balaban J connectivity index is 1.60. The summed E-state index contributed by atoms with van der Waals surface area (Å²) in [4.78, 5) is 11.4. The number of carboxylic acid groups (broad SMARTS) is 1. The summed E-state index contributed by atoms with van der Waals surface area (Å²) in [6, 6.07) is 15.6. The van der Waals surface area contributed by atoms with Crippen molar-refractivity contribution in [1.29, 1.82) is 0 Å². The van der Waals surface area contributed by atoms with E-state index in [1.165, 1.54) is 0 Å². The van der Waals surface area contributed by atoms with Gasteiger partial charge >= 0.3 is 5.97 Å². The molecule has 4 rings (SSSR count). The lowest BCUT2D eigenvalue weighted by molar-refractivity contribution is -0.140. The number of aliphatic carboxylic acids is 1. The molecule has 0 aliphatic heterocycles. The average Bonchev–Trinajstić information content (AvgIpc) is 3.40. The van der Waals surface area contributed by atoms with Crippen molar-refractivity contribution in [2.75, 3.05) is 0 Å². The number of aliphatic hydroxyl groups is 1. The summed E-state index contributed by atoms with van der Waals surface area (Å²) >= 11 is 0. The van der Waals surface area contributed by atoms with Crippen LogP contribution in [0.25, 0.3) is 22.5 Å². The number of hydrogen-bond acceptors (Lipinski definition) is 4. The number of rotatable bonds is 5. The third-order valence-electron chi connectivity index (χ3n) is 5.22. The molecule has 0 saturated heterocycles. The van der Waals surface area contributed by atoms with Crippen LogP contribution >= 0.6 is 0 Å². The van der Waals surface area contributed by atoms with Gasteiger partial charge in [-0.25, -0.2) is 0 Å². The molecule has 1 saturated carbocycles. The number of nitrogens with zero attached hydrogens (tertiary/aromatic N) is 1. The molecular formula is C21H19NO4. The topological polar surface area (TPSA) is 83.6 Å². The second kappa shape index (κ2) is 6.11. The lowest BCUT2D eigenvalue weighted by Gasteiger charge is -2.11. The highest BCUT2D eigenvalue weighted by Gasteiger charge is 2.51. The highest BCUT2D eigenvalue weighted by molar-refractivity contribution is 5.85. The zero-order chi connectivity index (χ0) is 18.3. The molecule has 0 atom stereocenters. The van der Waals surface area contributed by atoms with Gasteiger partial charge in [0, 0.05) is 11.1 Å². The van der Waals surface area contributed by atoms with Crippen LogP contribution in [0, 0.1) is 6.92 Å². The Kier molecular flexibility index (Phi) is 3.89. The molecule has 0 spiro atoms. The largest absolute Gasteiger partial charge is 0.481 e. The second-order valence-electron chi connectivity index (χ2n) is 6.78. The Hall–Kier alpha value is -2.92. The second-order valence-corrected chi connectivity index (χ2v) is 6.78. The molecule has 2 aromatic carbocycles. The van der Waals surface area contributed by atoms with Crippen LogP contribution < -0.4 is 0 Å². The van der Waals surface area contributed by atoms with Gasteiger partial charge < -0.3 is 14.7 Å². The normalized spacial score (nSPS) is 15.0. The first-order valence-electron chi connectivity index (χ1n) is 8.56. The van der Waals surface area contributed by atoms with Gasteiger partial charge in [0.05, 0.1) is 17.7 Å². The van der Waals surface area contributed by atoms with Gasteiger partial charge in [0.1, 0.15) is 0 Å². The number of carboxylic acids is 1. The van der Waals surface area contributed by atoms with Gasteiger partial charge in [0.2, 0.25) is 0 Å². The molecule has 1 aromatic heterocycles. The van der Waals surface area contributed by atoms with Crippen molar-refractivity contribution in [3.63, 3.8) is 0 Å². The van der Waals surface area contributed by atoms with Crippen molar-refractivity contribution < 1.29 is 19.5 Å². The van der Waals surface area contributed by atoms with E-state index < -0.39 is 11.4 Å². The van der Waals surface area contributed by atoms with Crippen LogP contribution in [0.3, 0.4) is 0 Å². The molecule has 2 N–H and O–H groups in total. The van der Waals surface area contributed by atoms with Crippen LogP contribution in [-0.2, 0) is 16.8 Å². The van der Waals surface area contributed by atoms with Gasteiger partial charge in [0.15, 0.2) is 5.76 Å². The van der Waals surface area contributed by atoms with Gasteiger partial charge in [-0.3, -0.25) is 4.79 Å². The standard InChI is InChI=1S/C21H19NO4/c1-13-18(12-23)19(26-22-13)16-4-2-14(3-5-16)15-6-8-17(9-7-15)21(10-11-21)20(24)25/h2-9,23H,10-12H2,1H3,(H,24,25). The Morgan fingerprint density at radius 3 is 2.08 bits per heavy atom. The predicted octanol–water partition coefficient (Wildman–Crippen LogP) is 3.93. The number of carbonyl (C=O) groups is 1. The smallest absolute Gasteiger partial charge is 0.314 e. The summed E-state index contributed by atoms with van der Waals surface area (Å²) in [6.07, 6.45) is 1.42. The van der Waals surface area contributed by atoms with Crippen LogP contribution in [0.5, 0.6) is 0 Å². The van der Waals surface area contributed by atoms with Gasteiger partial charge in [-0.2, -0.15) is 0 Å². The molecule has 1 aliphatic rings. The van der Waals surface area contributed by atoms with Crippen molar-refractivity contribution in [2.24, 2.45) is 0 Å². The molecule has 0 radical (unpaired) electrons.